The summed E-state index contributed by atoms with van der Waals surface area (Å²) in [4.78, 5) is 0. The molecule has 3 heteroatoms. The highest BCUT2D eigenvalue weighted by Crippen LogP contribution is 2.22. The van der Waals surface area contributed by atoms with Gasteiger partial charge in [-0.25, -0.2) is 0 Å². The number of aliphatic hydroxyl groups excluding tert-OH is 1. The summed E-state index contributed by atoms with van der Waals surface area (Å²) in [5.74, 6) is 0.872. The molecule has 0 aliphatic carbocycles. The van der Waals surface area contributed by atoms with Crippen molar-refractivity contribution in [2.75, 3.05) is 19.7 Å². The third kappa shape index (κ3) is 4.90. The molecule has 0 aliphatic rings. The second kappa shape index (κ2) is 7.19. The maximum atomic E-state index is 9.79. The summed E-state index contributed by atoms with van der Waals surface area (Å²) in [5.41, 5.74) is 3.24. The third-order valence-corrected chi connectivity index (χ3v) is 2.64. The number of para-hydroxylation sites is 1. The monoisotopic (exact) mass is 249 g/mol. The van der Waals surface area contributed by atoms with Gasteiger partial charge in [0.15, 0.2) is 0 Å². The molecule has 18 heavy (non-hydrogen) atoms. The first-order valence-electron chi connectivity index (χ1n) is 6.23. The van der Waals surface area contributed by atoms with Crippen LogP contribution in [0.15, 0.2) is 30.4 Å². The molecule has 0 amide bonds. The fourth-order valence-corrected chi connectivity index (χ4v) is 1.72. The van der Waals surface area contributed by atoms with Crippen LogP contribution in [0.1, 0.15) is 18.1 Å². The Morgan fingerprint density at radius 3 is 2.56 bits per heavy atom. The van der Waals surface area contributed by atoms with Crippen LogP contribution in [0.5, 0.6) is 5.75 Å². The molecule has 0 aromatic heterocycles. The molecular weight excluding hydrogens is 226 g/mol. The van der Waals surface area contributed by atoms with Gasteiger partial charge in [-0.2, -0.15) is 0 Å². The van der Waals surface area contributed by atoms with Crippen molar-refractivity contribution in [3.8, 4) is 5.75 Å². The standard InChI is InChI=1S/C15H23NO2/c1-11(2)8-16-9-14(17)10-18-15-12(3)6-5-7-13(15)4/h5-7,14,16-17H,1,8-10H2,2-4H3. The average molecular weight is 249 g/mol. The number of benzene rings is 1. The van der Waals surface area contributed by atoms with Gasteiger partial charge in [-0.15, -0.1) is 0 Å². The molecule has 1 unspecified atom stereocenters. The lowest BCUT2D eigenvalue weighted by Crippen LogP contribution is -2.32. The molecule has 0 saturated heterocycles. The molecule has 2 N–H and O–H groups in total. The van der Waals surface area contributed by atoms with E-state index in [1.165, 1.54) is 0 Å². The van der Waals surface area contributed by atoms with E-state index in [0.29, 0.717) is 13.2 Å². The summed E-state index contributed by atoms with van der Waals surface area (Å²) < 4.78 is 5.67. The number of hydrogen-bond acceptors (Lipinski definition) is 3. The Labute approximate surface area is 109 Å². The molecule has 1 rings (SSSR count). The quantitative estimate of drug-likeness (QED) is 0.728. The van der Waals surface area contributed by atoms with E-state index in [0.717, 1.165) is 29.0 Å². The summed E-state index contributed by atoms with van der Waals surface area (Å²) in [6.45, 7) is 11.3. The van der Waals surface area contributed by atoms with E-state index in [-0.39, 0.29) is 0 Å². The van der Waals surface area contributed by atoms with Gasteiger partial charge in [-0.1, -0.05) is 30.4 Å². The Balaban J connectivity index is 2.38. The van der Waals surface area contributed by atoms with Crippen molar-refractivity contribution < 1.29 is 9.84 Å². The van der Waals surface area contributed by atoms with Crippen molar-refractivity contribution in [3.63, 3.8) is 0 Å². The van der Waals surface area contributed by atoms with Gasteiger partial charge >= 0.3 is 0 Å². The largest absolute Gasteiger partial charge is 0.490 e. The minimum atomic E-state index is -0.511. The molecule has 0 spiro atoms. The van der Waals surface area contributed by atoms with Gasteiger partial charge in [-0.3, -0.25) is 0 Å². The van der Waals surface area contributed by atoms with Crippen LogP contribution in [0.3, 0.4) is 0 Å². The van der Waals surface area contributed by atoms with E-state index in [2.05, 4.69) is 11.9 Å². The average Bonchev–Trinajstić information content (AvgIpc) is 2.27. The summed E-state index contributed by atoms with van der Waals surface area (Å²) in [7, 11) is 0. The lowest BCUT2D eigenvalue weighted by Gasteiger charge is -2.16. The van der Waals surface area contributed by atoms with Gasteiger partial charge in [0, 0.05) is 13.1 Å². The number of hydrogen-bond donors (Lipinski definition) is 2. The minimum Gasteiger partial charge on any atom is -0.490 e. The van der Waals surface area contributed by atoms with Gasteiger partial charge in [0.2, 0.25) is 0 Å². The Hall–Kier alpha value is -1.32. The van der Waals surface area contributed by atoms with E-state index in [1.807, 2.05) is 39.0 Å². The lowest BCUT2D eigenvalue weighted by molar-refractivity contribution is 0.106. The maximum absolute atomic E-state index is 9.79. The van der Waals surface area contributed by atoms with Crippen LogP contribution in [0.4, 0.5) is 0 Å². The first-order chi connectivity index (χ1) is 8.50. The van der Waals surface area contributed by atoms with Gasteiger partial charge in [-0.05, 0) is 31.9 Å². The van der Waals surface area contributed by atoms with Crippen molar-refractivity contribution >= 4 is 0 Å². The molecule has 0 heterocycles. The zero-order chi connectivity index (χ0) is 13.5. The van der Waals surface area contributed by atoms with E-state index < -0.39 is 6.10 Å². The molecule has 0 fully saturated rings. The van der Waals surface area contributed by atoms with E-state index in [4.69, 9.17) is 4.74 Å². The number of ether oxygens (including phenoxy) is 1. The van der Waals surface area contributed by atoms with Gasteiger partial charge in [0.25, 0.3) is 0 Å². The second-order valence-corrected chi connectivity index (χ2v) is 4.77. The first-order valence-corrected chi connectivity index (χ1v) is 6.23. The molecule has 1 aromatic carbocycles. The molecule has 1 aromatic rings. The molecule has 0 aliphatic heterocycles. The normalized spacial score (nSPS) is 12.2. The smallest absolute Gasteiger partial charge is 0.125 e. The lowest BCUT2D eigenvalue weighted by atomic mass is 10.1. The number of aliphatic hydroxyl groups is 1. The summed E-state index contributed by atoms with van der Waals surface area (Å²) in [6, 6.07) is 6.02. The zero-order valence-corrected chi connectivity index (χ0v) is 11.5. The van der Waals surface area contributed by atoms with E-state index >= 15 is 0 Å². The van der Waals surface area contributed by atoms with Crippen molar-refractivity contribution in [2.24, 2.45) is 0 Å². The fraction of sp³-hybridized carbons (Fsp3) is 0.467. The van der Waals surface area contributed by atoms with Crippen LogP contribution in [-0.4, -0.2) is 30.9 Å². The third-order valence-electron chi connectivity index (χ3n) is 2.64. The molecule has 3 nitrogen and oxygen atoms in total. The predicted molar refractivity (Wildman–Crippen MR) is 75.1 cm³/mol. The number of nitrogens with one attached hydrogen (secondary N) is 1. The van der Waals surface area contributed by atoms with Gasteiger partial charge in [0.05, 0.1) is 0 Å². The van der Waals surface area contributed by atoms with Crippen molar-refractivity contribution in [3.05, 3.63) is 41.5 Å². The van der Waals surface area contributed by atoms with Crippen molar-refractivity contribution in [1.29, 1.82) is 0 Å². The van der Waals surface area contributed by atoms with E-state index in [9.17, 15) is 5.11 Å². The van der Waals surface area contributed by atoms with E-state index in [1.54, 1.807) is 0 Å². The van der Waals surface area contributed by atoms with Crippen molar-refractivity contribution in [1.82, 2.24) is 5.32 Å². The Kier molecular flexibility index (Phi) is 5.89. The Morgan fingerprint density at radius 2 is 2.00 bits per heavy atom. The molecule has 0 saturated carbocycles. The molecule has 1 atom stereocenters. The highest BCUT2D eigenvalue weighted by Gasteiger charge is 2.08. The minimum absolute atomic E-state index is 0.300. The van der Waals surface area contributed by atoms with Gasteiger partial charge in [0.1, 0.15) is 18.5 Å². The summed E-state index contributed by atoms with van der Waals surface area (Å²) in [6.07, 6.45) is -0.511. The topological polar surface area (TPSA) is 41.5 Å². The molecule has 0 radical (unpaired) electrons. The molecule has 0 bridgehead atoms. The number of aryl methyl sites for hydroxylation is 2. The highest BCUT2D eigenvalue weighted by molar-refractivity contribution is 5.39. The van der Waals surface area contributed by atoms with Crippen LogP contribution in [0.25, 0.3) is 0 Å². The van der Waals surface area contributed by atoms with Crippen LogP contribution in [-0.2, 0) is 0 Å². The number of rotatable bonds is 7. The molecular formula is C15H23NO2. The first kappa shape index (κ1) is 14.7. The SMILES string of the molecule is C=C(C)CNCC(O)COc1c(C)cccc1C. The Bertz CT molecular complexity index is 381. The molecule has 100 valence electrons. The zero-order valence-electron chi connectivity index (χ0n) is 11.5. The van der Waals surface area contributed by atoms with Crippen LogP contribution >= 0.6 is 0 Å². The van der Waals surface area contributed by atoms with Crippen LogP contribution in [0.2, 0.25) is 0 Å². The van der Waals surface area contributed by atoms with Crippen LogP contribution < -0.4 is 10.1 Å². The Morgan fingerprint density at radius 1 is 1.39 bits per heavy atom. The predicted octanol–water partition coefficient (Wildman–Crippen LogP) is 2.21. The van der Waals surface area contributed by atoms with Gasteiger partial charge < -0.3 is 15.2 Å². The fourth-order valence-electron chi connectivity index (χ4n) is 1.72. The van der Waals surface area contributed by atoms with Crippen LogP contribution in [0, 0.1) is 13.8 Å². The second-order valence-electron chi connectivity index (χ2n) is 4.77. The summed E-state index contributed by atoms with van der Waals surface area (Å²) in [5, 5.41) is 12.9. The van der Waals surface area contributed by atoms with Crippen molar-refractivity contribution in [2.45, 2.75) is 26.9 Å². The highest BCUT2D eigenvalue weighted by atomic mass is 16.5. The maximum Gasteiger partial charge on any atom is 0.125 e. The summed E-state index contributed by atoms with van der Waals surface area (Å²) >= 11 is 0.